The van der Waals surface area contributed by atoms with Gasteiger partial charge < -0.3 is 5.32 Å². The molecule has 3 rings (SSSR count). The molecule has 1 aromatic carbocycles. The van der Waals surface area contributed by atoms with Crippen LogP contribution in [-0.4, -0.2) is 5.91 Å². The van der Waals surface area contributed by atoms with Crippen molar-refractivity contribution in [2.45, 2.75) is 33.1 Å². The number of halogens is 1. The number of hydrogen-bond acceptors (Lipinski definition) is 2. The summed E-state index contributed by atoms with van der Waals surface area (Å²) in [5.41, 5.74) is 2.72. The van der Waals surface area contributed by atoms with Crippen LogP contribution >= 0.6 is 11.3 Å². The third-order valence-electron chi connectivity index (χ3n) is 3.99. The Hall–Kier alpha value is -1.68. The Morgan fingerprint density at radius 2 is 2.19 bits per heavy atom. The summed E-state index contributed by atoms with van der Waals surface area (Å²) >= 11 is 1.59. The lowest BCUT2D eigenvalue weighted by atomic mass is 9.90. The van der Waals surface area contributed by atoms with Crippen LogP contribution in [0.4, 0.5) is 10.1 Å². The number of rotatable bonds is 2. The number of hydrogen-bond donors (Lipinski definition) is 1. The van der Waals surface area contributed by atoms with E-state index < -0.39 is 0 Å². The van der Waals surface area contributed by atoms with Crippen LogP contribution in [-0.2, 0) is 12.8 Å². The van der Waals surface area contributed by atoms with Crippen LogP contribution in [0.15, 0.2) is 24.3 Å². The number of thiophene rings is 1. The first-order valence-corrected chi connectivity index (χ1v) is 8.03. The van der Waals surface area contributed by atoms with Crippen molar-refractivity contribution < 1.29 is 9.18 Å². The normalized spacial score (nSPS) is 17.4. The largest absolute Gasteiger partial charge is 0.321 e. The van der Waals surface area contributed by atoms with Gasteiger partial charge in [-0.3, -0.25) is 4.79 Å². The molecule has 0 spiro atoms. The number of anilines is 1. The van der Waals surface area contributed by atoms with E-state index in [0.717, 1.165) is 23.3 Å². The van der Waals surface area contributed by atoms with Gasteiger partial charge in [0.25, 0.3) is 5.91 Å². The topological polar surface area (TPSA) is 29.1 Å². The molecule has 0 bridgehead atoms. The molecule has 4 heteroatoms. The molecular weight excluding hydrogens is 285 g/mol. The van der Waals surface area contributed by atoms with Crippen LogP contribution in [0.25, 0.3) is 0 Å². The number of amides is 1. The molecule has 1 heterocycles. The number of benzene rings is 1. The first-order chi connectivity index (χ1) is 10.0. The van der Waals surface area contributed by atoms with Gasteiger partial charge in [0.1, 0.15) is 5.82 Å². The second kappa shape index (κ2) is 5.60. The molecule has 0 saturated carbocycles. The Labute approximate surface area is 128 Å². The Morgan fingerprint density at radius 3 is 2.95 bits per heavy atom. The van der Waals surface area contributed by atoms with Crippen LogP contribution in [0, 0.1) is 18.7 Å². The maximum Gasteiger partial charge on any atom is 0.265 e. The number of aryl methyl sites for hydroxylation is 2. The van der Waals surface area contributed by atoms with Crippen molar-refractivity contribution in [2.24, 2.45) is 5.92 Å². The van der Waals surface area contributed by atoms with E-state index in [-0.39, 0.29) is 11.7 Å². The van der Waals surface area contributed by atoms with Gasteiger partial charge in [0.2, 0.25) is 0 Å². The van der Waals surface area contributed by atoms with E-state index in [1.165, 1.54) is 29.0 Å². The second-order valence-corrected chi connectivity index (χ2v) is 6.96. The minimum Gasteiger partial charge on any atom is -0.321 e. The summed E-state index contributed by atoms with van der Waals surface area (Å²) in [6.45, 7) is 4.04. The van der Waals surface area contributed by atoms with Gasteiger partial charge in [0.15, 0.2) is 0 Å². The van der Waals surface area contributed by atoms with Gasteiger partial charge >= 0.3 is 0 Å². The van der Waals surface area contributed by atoms with Crippen LogP contribution in [0.3, 0.4) is 0 Å². The van der Waals surface area contributed by atoms with E-state index in [1.54, 1.807) is 24.3 Å². The fraction of sp³-hybridized carbons (Fsp3) is 0.353. The molecule has 2 aromatic rings. The summed E-state index contributed by atoms with van der Waals surface area (Å²) < 4.78 is 13.1. The molecule has 0 fully saturated rings. The quantitative estimate of drug-likeness (QED) is 0.865. The molecule has 1 unspecified atom stereocenters. The Bertz CT molecular complexity index is 692. The van der Waals surface area contributed by atoms with Gasteiger partial charge in [-0.05, 0) is 67.5 Å². The highest BCUT2D eigenvalue weighted by Crippen LogP contribution is 2.32. The van der Waals surface area contributed by atoms with Crippen molar-refractivity contribution >= 4 is 22.9 Å². The Morgan fingerprint density at radius 1 is 1.38 bits per heavy atom. The number of nitrogens with one attached hydrogen (secondary N) is 1. The molecule has 1 aromatic heterocycles. The highest BCUT2D eigenvalue weighted by molar-refractivity contribution is 7.14. The summed E-state index contributed by atoms with van der Waals surface area (Å²) in [5, 5.41) is 2.88. The lowest BCUT2D eigenvalue weighted by Crippen LogP contribution is -2.11. The summed E-state index contributed by atoms with van der Waals surface area (Å²) in [4.78, 5) is 14.4. The highest BCUT2D eigenvalue weighted by atomic mass is 32.1. The van der Waals surface area contributed by atoms with E-state index in [2.05, 4.69) is 12.2 Å². The predicted octanol–water partition coefficient (Wildman–Crippen LogP) is 4.57. The number of carbonyl (C=O) groups excluding carboxylic acids is 1. The van der Waals surface area contributed by atoms with Crippen molar-refractivity contribution in [3.63, 3.8) is 0 Å². The first-order valence-electron chi connectivity index (χ1n) is 7.22. The molecule has 1 aliphatic rings. The summed E-state index contributed by atoms with van der Waals surface area (Å²) in [7, 11) is 0. The van der Waals surface area contributed by atoms with Gasteiger partial charge in [0.05, 0.1) is 4.88 Å². The molecule has 1 atom stereocenters. The second-order valence-electron chi connectivity index (χ2n) is 5.82. The molecule has 1 amide bonds. The third kappa shape index (κ3) is 3.00. The van der Waals surface area contributed by atoms with Gasteiger partial charge in [0, 0.05) is 10.6 Å². The van der Waals surface area contributed by atoms with Crippen molar-refractivity contribution in [3.05, 3.63) is 51.0 Å². The van der Waals surface area contributed by atoms with Gasteiger partial charge in [-0.1, -0.05) is 6.92 Å². The van der Waals surface area contributed by atoms with E-state index in [9.17, 15) is 9.18 Å². The Kier molecular flexibility index (Phi) is 3.81. The average molecular weight is 303 g/mol. The highest BCUT2D eigenvalue weighted by Gasteiger charge is 2.20. The summed E-state index contributed by atoms with van der Waals surface area (Å²) in [6, 6.07) is 6.42. The predicted molar refractivity (Wildman–Crippen MR) is 84.6 cm³/mol. The molecule has 110 valence electrons. The van der Waals surface area contributed by atoms with Crippen LogP contribution in [0.5, 0.6) is 0 Å². The maximum absolute atomic E-state index is 13.1. The molecule has 0 aliphatic heterocycles. The first kappa shape index (κ1) is 14.3. The van der Waals surface area contributed by atoms with Gasteiger partial charge in [-0.2, -0.15) is 0 Å². The average Bonchev–Trinajstić information content (AvgIpc) is 2.85. The molecule has 0 saturated heterocycles. The standard InChI is InChI=1S/C17H18FNOS/c1-10-3-6-15-12(7-10)9-16(21-15)17(20)19-14-5-4-13(18)8-11(14)2/h4-5,8-10H,3,6-7H2,1-2H3,(H,19,20). The molecule has 2 nitrogen and oxygen atoms in total. The molecule has 21 heavy (non-hydrogen) atoms. The fourth-order valence-corrected chi connectivity index (χ4v) is 3.87. The smallest absolute Gasteiger partial charge is 0.265 e. The summed E-state index contributed by atoms with van der Waals surface area (Å²) in [5.74, 6) is 0.310. The zero-order valence-corrected chi connectivity index (χ0v) is 13.0. The molecule has 1 N–H and O–H groups in total. The Balaban J connectivity index is 1.79. The summed E-state index contributed by atoms with van der Waals surface area (Å²) in [6.07, 6.45) is 3.34. The lowest BCUT2D eigenvalue weighted by molar-refractivity contribution is 0.103. The third-order valence-corrected chi connectivity index (χ3v) is 5.23. The minimum atomic E-state index is -0.286. The molecule has 1 aliphatic carbocycles. The van der Waals surface area contributed by atoms with E-state index >= 15 is 0 Å². The lowest BCUT2D eigenvalue weighted by Gasteiger charge is -2.16. The number of fused-ring (bicyclic) bond motifs is 1. The fourth-order valence-electron chi connectivity index (χ4n) is 2.77. The van der Waals surface area contributed by atoms with E-state index in [4.69, 9.17) is 0 Å². The zero-order valence-electron chi connectivity index (χ0n) is 12.2. The van der Waals surface area contributed by atoms with Crippen molar-refractivity contribution in [1.82, 2.24) is 0 Å². The minimum absolute atomic E-state index is 0.100. The van der Waals surface area contributed by atoms with E-state index in [1.807, 2.05) is 6.07 Å². The van der Waals surface area contributed by atoms with Gasteiger partial charge in [-0.25, -0.2) is 4.39 Å². The van der Waals surface area contributed by atoms with Gasteiger partial charge in [-0.15, -0.1) is 11.3 Å². The zero-order chi connectivity index (χ0) is 15.0. The SMILES string of the molecule is Cc1cc(F)ccc1NC(=O)c1cc2c(s1)CCC(C)C2. The maximum atomic E-state index is 13.1. The molecule has 0 radical (unpaired) electrons. The van der Waals surface area contributed by atoms with E-state index in [0.29, 0.717) is 11.6 Å². The monoisotopic (exact) mass is 303 g/mol. The molecular formula is C17H18FNOS. The van der Waals surface area contributed by atoms with Crippen molar-refractivity contribution in [2.75, 3.05) is 5.32 Å². The number of carbonyl (C=O) groups is 1. The van der Waals surface area contributed by atoms with Crippen molar-refractivity contribution in [3.8, 4) is 0 Å². The van der Waals surface area contributed by atoms with Crippen molar-refractivity contribution in [1.29, 1.82) is 0 Å². The van der Waals surface area contributed by atoms with Crippen LogP contribution in [0.2, 0.25) is 0 Å². The van der Waals surface area contributed by atoms with Crippen LogP contribution in [0.1, 0.15) is 39.0 Å². The van der Waals surface area contributed by atoms with Crippen LogP contribution < -0.4 is 5.32 Å².